The minimum atomic E-state index is -0.0287. The first-order valence-corrected chi connectivity index (χ1v) is 9.09. The van der Waals surface area contributed by atoms with Crippen molar-refractivity contribution in [2.24, 2.45) is 0 Å². The maximum absolute atomic E-state index is 11.4. The van der Waals surface area contributed by atoms with Gasteiger partial charge in [-0.1, -0.05) is 0 Å². The second-order valence-electron chi connectivity index (χ2n) is 2.56. The monoisotopic (exact) mass is 322 g/mol. The Hall–Kier alpha value is -0.401. The van der Waals surface area contributed by atoms with Gasteiger partial charge >= 0.3 is 95.9 Å². The van der Waals surface area contributed by atoms with Crippen LogP contribution in [0.5, 0.6) is 0 Å². The molecule has 0 heterocycles. The van der Waals surface area contributed by atoms with Gasteiger partial charge in [-0.15, -0.1) is 0 Å². The number of carbonyl (C=O) groups excluding carboxylic acids is 2. The number of carbonyl (C=O) groups is 2. The molecule has 0 saturated heterocycles. The normalized spacial score (nSPS) is 9.86. The summed E-state index contributed by atoms with van der Waals surface area (Å²) in [6.45, 7) is 0. The van der Waals surface area contributed by atoms with Crippen LogP contribution in [0, 0.1) is 0 Å². The van der Waals surface area contributed by atoms with Gasteiger partial charge in [0.2, 0.25) is 0 Å². The zero-order valence-electron chi connectivity index (χ0n) is 7.94. The van der Waals surface area contributed by atoms with E-state index < -0.39 is 0 Å². The predicted molar refractivity (Wildman–Crippen MR) is 58.3 cm³/mol. The fraction of sp³-hybridized carbons (Fsp3) is 0.200. The first kappa shape index (κ1) is 11.7. The molecule has 0 bridgehead atoms. The van der Waals surface area contributed by atoms with E-state index in [-0.39, 0.29) is 39.3 Å². The molecule has 0 aliphatic rings. The molecule has 0 fully saturated rings. The third-order valence-electron chi connectivity index (χ3n) is 1.70. The van der Waals surface area contributed by atoms with Gasteiger partial charge in [-0.3, -0.25) is 0 Å². The molecule has 0 aromatic heterocycles. The van der Waals surface area contributed by atoms with Gasteiger partial charge in [-0.25, -0.2) is 0 Å². The summed E-state index contributed by atoms with van der Waals surface area (Å²) in [6.07, 6.45) is 0. The first-order chi connectivity index (χ1) is 6.69. The number of hydrogen-bond donors (Lipinski definition) is 0. The van der Waals surface area contributed by atoms with Crippen LogP contribution in [0.4, 0.5) is 0 Å². The summed E-state index contributed by atoms with van der Waals surface area (Å²) in [5.74, 6) is 3.77. The topological polar surface area (TPSA) is 34.1 Å². The Morgan fingerprint density at radius 1 is 1.00 bits per heavy atom. The van der Waals surface area contributed by atoms with Crippen LogP contribution in [0.15, 0.2) is 24.3 Å². The van der Waals surface area contributed by atoms with E-state index in [0.717, 1.165) is 0 Å². The average molecular weight is 320 g/mol. The molecule has 2 nitrogen and oxygen atoms in total. The fourth-order valence-electron chi connectivity index (χ4n) is 1.01. The quantitative estimate of drug-likeness (QED) is 0.788. The van der Waals surface area contributed by atoms with Gasteiger partial charge in [0.15, 0.2) is 0 Å². The molecule has 0 radical (unpaired) electrons. The van der Waals surface area contributed by atoms with Crippen LogP contribution < -0.4 is 0 Å². The van der Waals surface area contributed by atoms with E-state index in [1.807, 2.05) is 11.6 Å². The second kappa shape index (κ2) is 5.47. The Labute approximate surface area is 95.8 Å². The maximum atomic E-state index is 11.4. The SMILES string of the molecule is C[Se]C(=O)c1cccc(C(=O)[Se]C)c1. The Balaban J connectivity index is 3.01. The number of benzene rings is 1. The summed E-state index contributed by atoms with van der Waals surface area (Å²) in [5, 5.41) is 0. The number of hydrogen-bond acceptors (Lipinski definition) is 2. The Morgan fingerprint density at radius 2 is 1.43 bits per heavy atom. The van der Waals surface area contributed by atoms with Gasteiger partial charge in [0.05, 0.1) is 0 Å². The van der Waals surface area contributed by atoms with Crippen molar-refractivity contribution in [1.82, 2.24) is 0 Å². The van der Waals surface area contributed by atoms with Crippen molar-refractivity contribution in [2.45, 2.75) is 11.6 Å². The van der Waals surface area contributed by atoms with Gasteiger partial charge in [0.1, 0.15) is 0 Å². The standard InChI is InChI=1S/C10H10O2Se2/c1-13-9(11)7-4-3-5-8(6-7)10(12)14-2/h3-6H,1-2H3. The van der Waals surface area contributed by atoms with Crippen molar-refractivity contribution in [3.63, 3.8) is 0 Å². The Morgan fingerprint density at radius 3 is 1.79 bits per heavy atom. The summed E-state index contributed by atoms with van der Waals surface area (Å²) < 4.78 is 0.298. The van der Waals surface area contributed by atoms with Crippen molar-refractivity contribution in [2.75, 3.05) is 0 Å². The number of rotatable bonds is 4. The van der Waals surface area contributed by atoms with Crippen molar-refractivity contribution in [3.8, 4) is 0 Å². The van der Waals surface area contributed by atoms with Crippen molar-refractivity contribution in [1.29, 1.82) is 0 Å². The molecular formula is C10H10O2Se2. The third kappa shape index (κ3) is 2.79. The van der Waals surface area contributed by atoms with Gasteiger partial charge in [-0.2, -0.15) is 0 Å². The molecule has 0 saturated carbocycles. The molecule has 1 rings (SSSR count). The molecule has 0 aliphatic carbocycles. The molecule has 0 atom stereocenters. The summed E-state index contributed by atoms with van der Waals surface area (Å²) in [5.41, 5.74) is 1.34. The average Bonchev–Trinajstić information content (AvgIpc) is 2.27. The van der Waals surface area contributed by atoms with E-state index >= 15 is 0 Å². The van der Waals surface area contributed by atoms with Crippen molar-refractivity contribution < 1.29 is 9.59 Å². The van der Waals surface area contributed by atoms with Crippen LogP contribution in [0.25, 0.3) is 0 Å². The molecule has 0 amide bonds. The van der Waals surface area contributed by atoms with Crippen LogP contribution >= 0.6 is 0 Å². The first-order valence-electron chi connectivity index (χ1n) is 3.95. The summed E-state index contributed by atoms with van der Waals surface area (Å²) in [6, 6.07) is 7.03. The molecule has 14 heavy (non-hydrogen) atoms. The van der Waals surface area contributed by atoms with E-state index in [2.05, 4.69) is 0 Å². The van der Waals surface area contributed by atoms with Gasteiger partial charge in [0, 0.05) is 0 Å². The zero-order chi connectivity index (χ0) is 10.6. The van der Waals surface area contributed by atoms with Crippen LogP contribution in [0.1, 0.15) is 20.7 Å². The van der Waals surface area contributed by atoms with E-state index in [4.69, 9.17) is 0 Å². The molecule has 0 spiro atoms. The Bertz CT molecular complexity index is 330. The summed E-state index contributed by atoms with van der Waals surface area (Å²) in [4.78, 5) is 22.8. The summed E-state index contributed by atoms with van der Waals surface area (Å²) >= 11 is -0.0575. The van der Waals surface area contributed by atoms with E-state index in [0.29, 0.717) is 11.1 Å². The molecule has 1 aromatic rings. The van der Waals surface area contributed by atoms with Crippen molar-refractivity contribution in [3.05, 3.63) is 35.4 Å². The van der Waals surface area contributed by atoms with Crippen molar-refractivity contribution >= 4 is 39.3 Å². The Kier molecular flexibility index (Phi) is 4.56. The predicted octanol–water partition coefficient (Wildman–Crippen LogP) is 1.47. The second-order valence-corrected chi connectivity index (χ2v) is 5.83. The fourth-order valence-corrected chi connectivity index (χ4v) is 2.53. The molecule has 1 aromatic carbocycles. The van der Waals surface area contributed by atoms with Crippen LogP contribution in [0.2, 0.25) is 11.6 Å². The van der Waals surface area contributed by atoms with Gasteiger partial charge in [-0.05, 0) is 0 Å². The van der Waals surface area contributed by atoms with Crippen LogP contribution in [0.3, 0.4) is 0 Å². The van der Waals surface area contributed by atoms with Gasteiger partial charge < -0.3 is 0 Å². The molecule has 0 unspecified atom stereocenters. The molecular weight excluding hydrogens is 310 g/mol. The van der Waals surface area contributed by atoms with Crippen LogP contribution in [-0.4, -0.2) is 39.3 Å². The molecule has 0 aliphatic heterocycles. The van der Waals surface area contributed by atoms with Gasteiger partial charge in [0.25, 0.3) is 0 Å². The minimum absolute atomic E-state index is 0.0287. The third-order valence-corrected chi connectivity index (χ3v) is 4.25. The zero-order valence-corrected chi connectivity index (χ0v) is 11.4. The summed E-state index contributed by atoms with van der Waals surface area (Å²) in [7, 11) is 0. The molecule has 0 N–H and O–H groups in total. The van der Waals surface area contributed by atoms with E-state index in [1.165, 1.54) is 0 Å². The van der Waals surface area contributed by atoms with E-state index in [9.17, 15) is 9.59 Å². The van der Waals surface area contributed by atoms with Crippen LogP contribution in [-0.2, 0) is 0 Å². The molecule has 74 valence electrons. The van der Waals surface area contributed by atoms with E-state index in [1.54, 1.807) is 24.3 Å². The molecule has 4 heteroatoms.